The molecule has 1 aliphatic rings. The lowest BCUT2D eigenvalue weighted by Gasteiger charge is -2.32. The summed E-state index contributed by atoms with van der Waals surface area (Å²) < 4.78 is 61.8. The number of carboxylic acid groups (broad SMARTS) is 1. The standard InChI is InChI=1S/C26H39N5O3S.C2HF3O2/c1-7-30(15-14-29(5)6)26(32)22-8-9-24(31-12-10-27-11-13-31)23(18-22)28-35(33,34)25-20(3)16-19(2)17-21(25)4;3-2(4,5)1(6)7/h8-9,16-18,27-28H,7,10-15H2,1-6H3;(H,6,7). The molecule has 10 nitrogen and oxygen atoms in total. The molecule has 3 rings (SSSR count). The molecule has 1 heterocycles. The van der Waals surface area contributed by atoms with Crippen LogP contribution in [0.3, 0.4) is 0 Å². The second kappa shape index (κ2) is 14.7. The predicted octanol–water partition coefficient (Wildman–Crippen LogP) is 3.48. The number of likely N-dealkylation sites (N-methyl/N-ethyl adjacent to an activating group) is 2. The lowest BCUT2D eigenvalue weighted by molar-refractivity contribution is -0.192. The molecule has 0 aliphatic carbocycles. The zero-order valence-electron chi connectivity index (χ0n) is 24.8. The minimum atomic E-state index is -5.08. The number of nitrogens with zero attached hydrogens (tertiary/aromatic N) is 3. The van der Waals surface area contributed by atoms with E-state index in [0.29, 0.717) is 35.5 Å². The number of carbonyl (C=O) groups excluding carboxylic acids is 1. The van der Waals surface area contributed by atoms with E-state index in [4.69, 9.17) is 9.90 Å². The molecule has 0 saturated carbocycles. The zero-order chi connectivity index (χ0) is 31.8. The van der Waals surface area contributed by atoms with E-state index in [1.54, 1.807) is 17.0 Å². The number of hydrogen-bond donors (Lipinski definition) is 3. The van der Waals surface area contributed by atoms with E-state index in [9.17, 15) is 26.4 Å². The maximum absolute atomic E-state index is 13.6. The van der Waals surface area contributed by atoms with Gasteiger partial charge in [0.05, 0.1) is 16.3 Å². The smallest absolute Gasteiger partial charge is 0.475 e. The molecule has 3 N–H and O–H groups in total. The van der Waals surface area contributed by atoms with Crippen LogP contribution >= 0.6 is 0 Å². The number of aliphatic carboxylic acids is 1. The van der Waals surface area contributed by atoms with Gasteiger partial charge >= 0.3 is 12.1 Å². The summed E-state index contributed by atoms with van der Waals surface area (Å²) in [5.41, 5.74) is 4.11. The Kier molecular flexibility index (Phi) is 12.2. The van der Waals surface area contributed by atoms with Gasteiger partial charge in [-0.3, -0.25) is 9.52 Å². The molecule has 1 amide bonds. The Morgan fingerprint density at radius 3 is 2.05 bits per heavy atom. The minimum Gasteiger partial charge on any atom is -0.475 e. The first-order valence-electron chi connectivity index (χ1n) is 13.4. The van der Waals surface area contributed by atoms with Gasteiger partial charge in [-0.25, -0.2) is 13.2 Å². The number of amides is 1. The highest BCUT2D eigenvalue weighted by atomic mass is 32.2. The van der Waals surface area contributed by atoms with Crippen molar-refractivity contribution in [3.63, 3.8) is 0 Å². The van der Waals surface area contributed by atoms with Crippen LogP contribution in [0.1, 0.15) is 34.0 Å². The second-order valence-corrected chi connectivity index (χ2v) is 11.9. The molecule has 0 aromatic heterocycles. The van der Waals surface area contributed by atoms with Gasteiger partial charge < -0.3 is 25.1 Å². The lowest BCUT2D eigenvalue weighted by Crippen LogP contribution is -2.44. The summed E-state index contributed by atoms with van der Waals surface area (Å²) in [5, 5.41) is 10.5. The van der Waals surface area contributed by atoms with Gasteiger partial charge in [0.25, 0.3) is 15.9 Å². The van der Waals surface area contributed by atoms with Gasteiger partial charge in [-0.05, 0) is 71.1 Å². The Morgan fingerprint density at radius 2 is 1.57 bits per heavy atom. The Labute approximate surface area is 245 Å². The van der Waals surface area contributed by atoms with Crippen molar-refractivity contribution in [1.82, 2.24) is 15.1 Å². The molecule has 0 unspecified atom stereocenters. The van der Waals surface area contributed by atoms with Crippen LogP contribution in [0.5, 0.6) is 0 Å². The maximum atomic E-state index is 13.6. The van der Waals surface area contributed by atoms with E-state index in [0.717, 1.165) is 44.0 Å². The normalized spacial score (nSPS) is 13.8. The number of piperazine rings is 1. The second-order valence-electron chi connectivity index (χ2n) is 10.3. The van der Waals surface area contributed by atoms with Gasteiger partial charge in [0.1, 0.15) is 0 Å². The predicted molar refractivity (Wildman–Crippen MR) is 157 cm³/mol. The first-order valence-corrected chi connectivity index (χ1v) is 14.9. The average Bonchev–Trinajstić information content (AvgIpc) is 2.88. The Balaban J connectivity index is 0.000000782. The van der Waals surface area contributed by atoms with E-state index < -0.39 is 22.2 Å². The van der Waals surface area contributed by atoms with Gasteiger partial charge in [0.2, 0.25) is 0 Å². The molecule has 0 radical (unpaired) electrons. The quantitative estimate of drug-likeness (QED) is 0.392. The number of hydrogen-bond acceptors (Lipinski definition) is 7. The van der Waals surface area contributed by atoms with E-state index in [1.165, 1.54) is 0 Å². The molecule has 2 aromatic rings. The number of rotatable bonds is 9. The number of benzene rings is 2. The third kappa shape index (κ3) is 9.60. The summed E-state index contributed by atoms with van der Waals surface area (Å²) in [6.07, 6.45) is -5.08. The molecule has 2 aromatic carbocycles. The van der Waals surface area contributed by atoms with Crippen molar-refractivity contribution in [2.45, 2.75) is 38.8 Å². The third-order valence-corrected chi connectivity index (χ3v) is 8.22. The van der Waals surface area contributed by atoms with Crippen LogP contribution in [0, 0.1) is 20.8 Å². The van der Waals surface area contributed by atoms with Gasteiger partial charge in [0, 0.05) is 51.4 Å². The van der Waals surface area contributed by atoms with Crippen LogP contribution < -0.4 is 14.9 Å². The minimum absolute atomic E-state index is 0.107. The van der Waals surface area contributed by atoms with E-state index in [1.807, 2.05) is 64.9 Å². The molecule has 0 atom stereocenters. The van der Waals surface area contributed by atoms with Crippen LogP contribution in [0.2, 0.25) is 0 Å². The van der Waals surface area contributed by atoms with Crippen LogP contribution in [0.25, 0.3) is 0 Å². The van der Waals surface area contributed by atoms with Crippen LogP contribution in [0.15, 0.2) is 35.2 Å². The SMILES string of the molecule is CCN(CCN(C)C)C(=O)c1ccc(N2CCNCC2)c(NS(=O)(=O)c2c(C)cc(C)cc2C)c1.O=C(O)C(F)(F)F. The molecule has 42 heavy (non-hydrogen) atoms. The number of carboxylic acids is 1. The van der Waals surface area contributed by atoms with Crippen molar-refractivity contribution in [1.29, 1.82) is 0 Å². The van der Waals surface area contributed by atoms with E-state index >= 15 is 0 Å². The number of anilines is 2. The third-order valence-electron chi connectivity index (χ3n) is 6.55. The molecule has 14 heteroatoms. The van der Waals surface area contributed by atoms with Crippen molar-refractivity contribution in [3.05, 3.63) is 52.6 Å². The number of alkyl halides is 3. The van der Waals surface area contributed by atoms with Gasteiger partial charge in [-0.1, -0.05) is 17.7 Å². The summed E-state index contributed by atoms with van der Waals surface area (Å²) in [6.45, 7) is 12.6. The maximum Gasteiger partial charge on any atom is 0.490 e. The highest BCUT2D eigenvalue weighted by molar-refractivity contribution is 7.92. The topological polar surface area (TPSA) is 122 Å². The molecular weight excluding hydrogens is 575 g/mol. The summed E-state index contributed by atoms with van der Waals surface area (Å²) in [7, 11) is 0.0833. The summed E-state index contributed by atoms with van der Waals surface area (Å²) in [5.74, 6) is -2.86. The first kappa shape index (κ1) is 34.8. The van der Waals surface area contributed by atoms with Gasteiger partial charge in [-0.2, -0.15) is 13.2 Å². The number of aryl methyl sites for hydroxylation is 3. The lowest BCUT2D eigenvalue weighted by atomic mass is 10.1. The molecule has 0 spiro atoms. The number of nitrogens with one attached hydrogen (secondary N) is 2. The summed E-state index contributed by atoms with van der Waals surface area (Å²) in [6, 6.07) is 9.11. The summed E-state index contributed by atoms with van der Waals surface area (Å²) in [4.78, 5) is 28.5. The number of carbonyl (C=O) groups is 2. The number of sulfonamides is 1. The van der Waals surface area contributed by atoms with Crippen molar-refractivity contribution >= 4 is 33.3 Å². The van der Waals surface area contributed by atoms with Crippen molar-refractivity contribution < 1.29 is 36.3 Å². The van der Waals surface area contributed by atoms with E-state index in [-0.39, 0.29) is 10.8 Å². The largest absolute Gasteiger partial charge is 0.490 e. The summed E-state index contributed by atoms with van der Waals surface area (Å²) >= 11 is 0. The highest BCUT2D eigenvalue weighted by Gasteiger charge is 2.38. The van der Waals surface area contributed by atoms with Crippen molar-refractivity contribution in [3.8, 4) is 0 Å². The number of halogens is 3. The molecule has 1 aliphatic heterocycles. The fraction of sp³-hybridized carbons (Fsp3) is 0.500. The Hall–Kier alpha value is -3.36. The average molecular weight is 616 g/mol. The zero-order valence-corrected chi connectivity index (χ0v) is 25.6. The van der Waals surface area contributed by atoms with Gasteiger partial charge in [0.15, 0.2) is 0 Å². The fourth-order valence-electron chi connectivity index (χ4n) is 4.63. The Bertz CT molecular complexity index is 1340. The highest BCUT2D eigenvalue weighted by Crippen LogP contribution is 2.32. The van der Waals surface area contributed by atoms with Crippen molar-refractivity contribution in [2.75, 3.05) is 69.5 Å². The van der Waals surface area contributed by atoms with Crippen LogP contribution in [0.4, 0.5) is 24.5 Å². The molecule has 1 saturated heterocycles. The first-order chi connectivity index (χ1) is 19.5. The fourth-order valence-corrected chi connectivity index (χ4v) is 6.15. The molecule has 1 fully saturated rings. The van der Waals surface area contributed by atoms with Crippen LogP contribution in [-0.4, -0.2) is 101 Å². The molecule has 234 valence electrons. The monoisotopic (exact) mass is 615 g/mol. The van der Waals surface area contributed by atoms with Crippen molar-refractivity contribution in [2.24, 2.45) is 0 Å². The molecule has 0 bridgehead atoms. The van der Waals surface area contributed by atoms with E-state index in [2.05, 4.69) is 14.9 Å². The Morgan fingerprint density at radius 1 is 1.02 bits per heavy atom. The van der Waals surface area contributed by atoms with Gasteiger partial charge in [-0.15, -0.1) is 0 Å². The molecular formula is C28H40F3N5O5S. The van der Waals surface area contributed by atoms with Crippen LogP contribution in [-0.2, 0) is 14.8 Å².